The second-order valence-electron chi connectivity index (χ2n) is 2.89. The van der Waals surface area contributed by atoms with Crippen molar-refractivity contribution in [2.45, 2.75) is 0 Å². The number of pyridine rings is 1. The van der Waals surface area contributed by atoms with Gasteiger partial charge in [0.15, 0.2) is 11.6 Å². The number of fused-ring (bicyclic) bond motifs is 1. The van der Waals surface area contributed by atoms with Crippen LogP contribution >= 0.6 is 27.5 Å². The number of benzene rings is 1. The molecule has 2 aromatic rings. The molecule has 15 heavy (non-hydrogen) atoms. The molecule has 0 bridgehead atoms. The molecule has 0 fully saturated rings. The van der Waals surface area contributed by atoms with Gasteiger partial charge in [-0.2, -0.15) is 0 Å². The Labute approximate surface area is 99.1 Å². The summed E-state index contributed by atoms with van der Waals surface area (Å²) < 4.78 is 19.0. The molecular weight excluding hydrogens is 284 g/mol. The van der Waals surface area contributed by atoms with Gasteiger partial charge in [-0.25, -0.2) is 4.39 Å². The minimum absolute atomic E-state index is 0.148. The molecule has 2 rings (SSSR count). The molecule has 78 valence electrons. The van der Waals surface area contributed by atoms with Crippen LogP contribution in [0.15, 0.2) is 22.8 Å². The van der Waals surface area contributed by atoms with Gasteiger partial charge in [-0.3, -0.25) is 4.98 Å². The van der Waals surface area contributed by atoms with E-state index >= 15 is 0 Å². The summed E-state index contributed by atoms with van der Waals surface area (Å²) in [6.45, 7) is 0. The molecule has 5 heteroatoms. The largest absolute Gasteiger partial charge is 0.493 e. The van der Waals surface area contributed by atoms with Crippen LogP contribution in [-0.4, -0.2) is 12.1 Å². The minimum atomic E-state index is -0.435. The molecule has 0 spiro atoms. The molecule has 0 aliphatic rings. The van der Waals surface area contributed by atoms with Crippen LogP contribution in [-0.2, 0) is 0 Å². The smallest absolute Gasteiger partial charge is 0.165 e. The molecule has 1 aromatic heterocycles. The monoisotopic (exact) mass is 289 g/mol. The summed E-state index contributed by atoms with van der Waals surface area (Å²) in [6.07, 6.45) is 1.51. The molecule has 1 aromatic carbocycles. The van der Waals surface area contributed by atoms with Crippen molar-refractivity contribution in [2.24, 2.45) is 0 Å². The summed E-state index contributed by atoms with van der Waals surface area (Å²) in [7, 11) is 1.41. The van der Waals surface area contributed by atoms with Gasteiger partial charge in [0.25, 0.3) is 0 Å². The van der Waals surface area contributed by atoms with E-state index in [1.165, 1.54) is 19.4 Å². The number of ether oxygens (including phenoxy) is 1. The van der Waals surface area contributed by atoms with Gasteiger partial charge >= 0.3 is 0 Å². The number of hydrogen-bond acceptors (Lipinski definition) is 2. The van der Waals surface area contributed by atoms with Gasteiger partial charge in [0.1, 0.15) is 0 Å². The maximum absolute atomic E-state index is 13.4. The number of aromatic nitrogens is 1. The Bertz CT molecular complexity index is 527. The first-order valence-electron chi connectivity index (χ1n) is 4.11. The zero-order valence-corrected chi connectivity index (χ0v) is 10.1. The van der Waals surface area contributed by atoms with E-state index in [0.29, 0.717) is 20.4 Å². The Hall–Kier alpha value is -0.870. The third-order valence-electron chi connectivity index (χ3n) is 2.04. The first-order chi connectivity index (χ1) is 7.15. The average Bonchev–Trinajstić information content (AvgIpc) is 2.24. The summed E-state index contributed by atoms with van der Waals surface area (Å²) >= 11 is 9.17. The molecule has 0 saturated carbocycles. The van der Waals surface area contributed by atoms with Crippen molar-refractivity contribution in [1.82, 2.24) is 4.98 Å². The summed E-state index contributed by atoms with van der Waals surface area (Å²) in [5, 5.41) is 0.969. The molecule has 0 amide bonds. The van der Waals surface area contributed by atoms with Crippen LogP contribution < -0.4 is 4.74 Å². The normalized spacial score (nSPS) is 10.7. The van der Waals surface area contributed by atoms with Crippen LogP contribution in [0.1, 0.15) is 0 Å². The lowest BCUT2D eigenvalue weighted by Gasteiger charge is -2.08. The van der Waals surface area contributed by atoms with Crippen LogP contribution in [0.2, 0.25) is 5.02 Å². The predicted molar refractivity (Wildman–Crippen MR) is 61.0 cm³/mol. The number of halogens is 3. The van der Waals surface area contributed by atoms with E-state index in [0.717, 1.165) is 0 Å². The van der Waals surface area contributed by atoms with E-state index in [9.17, 15) is 4.39 Å². The van der Waals surface area contributed by atoms with Gasteiger partial charge in [0, 0.05) is 6.20 Å². The molecule has 0 atom stereocenters. The molecule has 0 unspecified atom stereocenters. The predicted octanol–water partition coefficient (Wildman–Crippen LogP) is 3.80. The topological polar surface area (TPSA) is 22.1 Å². The van der Waals surface area contributed by atoms with E-state index in [1.54, 1.807) is 6.07 Å². The maximum Gasteiger partial charge on any atom is 0.165 e. The first kappa shape index (κ1) is 10.6. The molecule has 0 N–H and O–H groups in total. The molecule has 0 saturated heterocycles. The quantitative estimate of drug-likeness (QED) is 0.797. The van der Waals surface area contributed by atoms with E-state index in [1.807, 2.05) is 0 Å². The average molecular weight is 291 g/mol. The van der Waals surface area contributed by atoms with E-state index in [4.69, 9.17) is 16.3 Å². The van der Waals surface area contributed by atoms with Crippen LogP contribution in [0.3, 0.4) is 0 Å². The number of rotatable bonds is 1. The second-order valence-corrected chi connectivity index (χ2v) is 4.10. The van der Waals surface area contributed by atoms with Crippen molar-refractivity contribution >= 4 is 38.4 Å². The molecule has 2 nitrogen and oxygen atoms in total. The Kier molecular flexibility index (Phi) is 2.80. The Morgan fingerprint density at radius 1 is 1.47 bits per heavy atom. The van der Waals surface area contributed by atoms with Crippen LogP contribution in [0, 0.1) is 5.82 Å². The van der Waals surface area contributed by atoms with Crippen molar-refractivity contribution in [2.75, 3.05) is 7.11 Å². The highest BCUT2D eigenvalue weighted by Gasteiger charge is 2.13. The summed E-state index contributed by atoms with van der Waals surface area (Å²) in [5.74, 6) is -0.288. The van der Waals surface area contributed by atoms with E-state index in [-0.39, 0.29) is 5.75 Å². The SMILES string of the molecule is COc1c(F)ccc2ncc(Cl)c(Br)c12. The van der Waals surface area contributed by atoms with Gasteiger partial charge in [-0.15, -0.1) is 0 Å². The Balaban J connectivity index is 2.94. The number of nitrogens with zero attached hydrogens (tertiary/aromatic N) is 1. The third kappa shape index (κ3) is 1.68. The summed E-state index contributed by atoms with van der Waals surface area (Å²) in [4.78, 5) is 4.08. The summed E-state index contributed by atoms with van der Waals surface area (Å²) in [5.41, 5.74) is 0.629. The number of hydrogen-bond donors (Lipinski definition) is 0. The lowest BCUT2D eigenvalue weighted by atomic mass is 10.2. The fraction of sp³-hybridized carbons (Fsp3) is 0.100. The van der Waals surface area contributed by atoms with E-state index < -0.39 is 5.82 Å². The van der Waals surface area contributed by atoms with Crippen LogP contribution in [0.4, 0.5) is 4.39 Å². The van der Waals surface area contributed by atoms with Gasteiger partial charge in [0.2, 0.25) is 0 Å². The zero-order valence-electron chi connectivity index (χ0n) is 7.72. The van der Waals surface area contributed by atoms with Crippen molar-refractivity contribution in [3.05, 3.63) is 33.6 Å². The van der Waals surface area contributed by atoms with Gasteiger partial charge in [-0.1, -0.05) is 11.6 Å². The Morgan fingerprint density at radius 2 is 2.20 bits per heavy atom. The highest BCUT2D eigenvalue weighted by Crippen LogP contribution is 2.37. The Morgan fingerprint density at radius 3 is 2.87 bits per heavy atom. The lowest BCUT2D eigenvalue weighted by Crippen LogP contribution is -1.92. The molecule has 0 aliphatic heterocycles. The third-order valence-corrected chi connectivity index (χ3v) is 3.38. The summed E-state index contributed by atoms with van der Waals surface area (Å²) in [6, 6.07) is 2.89. The fourth-order valence-electron chi connectivity index (χ4n) is 1.37. The second kappa shape index (κ2) is 3.94. The highest BCUT2D eigenvalue weighted by molar-refractivity contribution is 9.10. The van der Waals surface area contributed by atoms with Crippen molar-refractivity contribution in [3.8, 4) is 5.75 Å². The molecular formula is C10H6BrClFNO. The van der Waals surface area contributed by atoms with Crippen LogP contribution in [0.5, 0.6) is 5.75 Å². The number of methoxy groups -OCH3 is 1. The molecule has 0 radical (unpaired) electrons. The fourth-order valence-corrected chi connectivity index (χ4v) is 2.00. The minimum Gasteiger partial charge on any atom is -0.493 e. The lowest BCUT2D eigenvalue weighted by molar-refractivity contribution is 0.391. The zero-order chi connectivity index (χ0) is 11.0. The van der Waals surface area contributed by atoms with Crippen molar-refractivity contribution < 1.29 is 9.13 Å². The van der Waals surface area contributed by atoms with Gasteiger partial charge in [-0.05, 0) is 28.1 Å². The highest BCUT2D eigenvalue weighted by atomic mass is 79.9. The van der Waals surface area contributed by atoms with Crippen molar-refractivity contribution in [3.63, 3.8) is 0 Å². The molecule has 0 aliphatic carbocycles. The van der Waals surface area contributed by atoms with E-state index in [2.05, 4.69) is 20.9 Å². The van der Waals surface area contributed by atoms with Gasteiger partial charge in [0.05, 0.1) is 27.5 Å². The first-order valence-corrected chi connectivity index (χ1v) is 5.28. The standard InChI is InChI=1S/C10H6BrClFNO/c1-15-10-6(13)2-3-7-8(10)9(11)5(12)4-14-7/h2-4H,1H3. The van der Waals surface area contributed by atoms with Crippen LogP contribution in [0.25, 0.3) is 10.9 Å². The molecule has 1 heterocycles. The maximum atomic E-state index is 13.4. The van der Waals surface area contributed by atoms with Crippen molar-refractivity contribution in [1.29, 1.82) is 0 Å². The van der Waals surface area contributed by atoms with Gasteiger partial charge < -0.3 is 4.74 Å².